The zero-order valence-corrected chi connectivity index (χ0v) is 11.2. The summed E-state index contributed by atoms with van der Waals surface area (Å²) in [7, 11) is 1.62. The molecule has 0 saturated heterocycles. The number of carbonyl (C=O) groups is 1. The fourth-order valence-corrected chi connectivity index (χ4v) is 1.89. The summed E-state index contributed by atoms with van der Waals surface area (Å²) < 4.78 is 5.32. The third kappa shape index (κ3) is 3.22. The second kappa shape index (κ2) is 5.38. The summed E-state index contributed by atoms with van der Waals surface area (Å²) in [4.78, 5) is 16.1. The molecule has 1 aliphatic rings. The Bertz CT molecular complexity index is 439. The molecule has 4 heteroatoms. The van der Waals surface area contributed by atoms with Crippen molar-refractivity contribution in [3.05, 3.63) is 18.0 Å². The van der Waals surface area contributed by atoms with Crippen molar-refractivity contribution in [2.24, 2.45) is 5.92 Å². The first-order valence-electron chi connectivity index (χ1n) is 6.44. The van der Waals surface area contributed by atoms with Crippen molar-refractivity contribution >= 4 is 11.6 Å². The summed E-state index contributed by atoms with van der Waals surface area (Å²) in [5.74, 6) is 1.63. The van der Waals surface area contributed by atoms with Crippen LogP contribution >= 0.6 is 0 Å². The van der Waals surface area contributed by atoms with E-state index in [1.54, 1.807) is 13.3 Å². The molecule has 1 N–H and O–H groups in total. The Morgan fingerprint density at radius 2 is 2.28 bits per heavy atom. The normalized spacial score (nSPS) is 14.7. The molecule has 1 fully saturated rings. The Hall–Kier alpha value is -1.58. The lowest BCUT2D eigenvalue weighted by atomic mass is 10.1. The highest BCUT2D eigenvalue weighted by molar-refractivity contribution is 5.92. The average molecular weight is 248 g/mol. The number of anilines is 1. The lowest BCUT2D eigenvalue weighted by Gasteiger charge is -2.12. The number of rotatable bonds is 5. The molecule has 1 aromatic rings. The predicted molar refractivity (Wildman–Crippen MR) is 70.8 cm³/mol. The smallest absolute Gasteiger partial charge is 0.224 e. The van der Waals surface area contributed by atoms with Crippen LogP contribution in [0.15, 0.2) is 12.3 Å². The molecule has 0 aromatic carbocycles. The molecule has 1 aromatic heterocycles. The van der Waals surface area contributed by atoms with Crippen molar-refractivity contribution in [2.45, 2.75) is 39.0 Å². The van der Waals surface area contributed by atoms with E-state index in [2.05, 4.69) is 10.3 Å². The zero-order chi connectivity index (χ0) is 13.1. The van der Waals surface area contributed by atoms with E-state index in [0.29, 0.717) is 29.7 Å². The first kappa shape index (κ1) is 12.9. The van der Waals surface area contributed by atoms with Gasteiger partial charge in [0.25, 0.3) is 0 Å². The number of nitrogens with one attached hydrogen (secondary N) is 1. The number of hydrogen-bond donors (Lipinski definition) is 1. The number of carbonyl (C=O) groups excluding carboxylic acids is 1. The van der Waals surface area contributed by atoms with E-state index in [9.17, 15) is 4.79 Å². The molecule has 0 spiro atoms. The van der Waals surface area contributed by atoms with Crippen molar-refractivity contribution in [1.29, 1.82) is 0 Å². The average Bonchev–Trinajstić information content (AvgIpc) is 3.12. The minimum atomic E-state index is 0.00396. The summed E-state index contributed by atoms with van der Waals surface area (Å²) in [5, 5.41) is 2.85. The molecule has 1 heterocycles. The topological polar surface area (TPSA) is 51.2 Å². The number of ether oxygens (including phenoxy) is 1. The van der Waals surface area contributed by atoms with E-state index in [1.165, 1.54) is 12.8 Å². The van der Waals surface area contributed by atoms with Gasteiger partial charge in [0.2, 0.25) is 5.91 Å². The van der Waals surface area contributed by atoms with E-state index >= 15 is 0 Å². The first-order chi connectivity index (χ1) is 8.60. The Kier molecular flexibility index (Phi) is 3.84. The molecular weight excluding hydrogens is 228 g/mol. The minimum absolute atomic E-state index is 0.00396. The van der Waals surface area contributed by atoms with Crippen LogP contribution in [0.2, 0.25) is 0 Å². The van der Waals surface area contributed by atoms with Crippen molar-refractivity contribution in [1.82, 2.24) is 4.98 Å². The van der Waals surface area contributed by atoms with Gasteiger partial charge in [-0.25, -0.2) is 0 Å². The molecule has 0 unspecified atom stereocenters. The SMILES string of the molecule is COc1cc(C2CC2)ncc1NC(=O)CC(C)C. The predicted octanol–water partition coefficient (Wildman–Crippen LogP) is 2.95. The van der Waals surface area contributed by atoms with Crippen molar-refractivity contribution in [2.75, 3.05) is 12.4 Å². The molecule has 98 valence electrons. The maximum Gasteiger partial charge on any atom is 0.224 e. The fourth-order valence-electron chi connectivity index (χ4n) is 1.89. The number of amides is 1. The van der Waals surface area contributed by atoms with E-state index in [-0.39, 0.29) is 5.91 Å². The highest BCUT2D eigenvalue weighted by atomic mass is 16.5. The highest BCUT2D eigenvalue weighted by Gasteiger charge is 2.26. The third-order valence-corrected chi connectivity index (χ3v) is 2.97. The molecule has 0 aliphatic heterocycles. The van der Waals surface area contributed by atoms with Crippen molar-refractivity contribution < 1.29 is 9.53 Å². The van der Waals surface area contributed by atoms with Gasteiger partial charge in [-0.1, -0.05) is 13.8 Å². The second-order valence-corrected chi connectivity index (χ2v) is 5.23. The molecule has 1 aliphatic carbocycles. The largest absolute Gasteiger partial charge is 0.494 e. The van der Waals surface area contributed by atoms with Gasteiger partial charge in [0, 0.05) is 24.1 Å². The first-order valence-corrected chi connectivity index (χ1v) is 6.44. The number of nitrogens with zero attached hydrogens (tertiary/aromatic N) is 1. The molecule has 1 amide bonds. The van der Waals surface area contributed by atoms with Crippen LogP contribution in [0.3, 0.4) is 0 Å². The second-order valence-electron chi connectivity index (χ2n) is 5.23. The van der Waals surface area contributed by atoms with Gasteiger partial charge < -0.3 is 10.1 Å². The molecular formula is C14H20N2O2. The van der Waals surface area contributed by atoms with Crippen LogP contribution < -0.4 is 10.1 Å². The van der Waals surface area contributed by atoms with Gasteiger partial charge in [-0.05, 0) is 18.8 Å². The van der Waals surface area contributed by atoms with E-state index in [1.807, 2.05) is 19.9 Å². The molecule has 2 rings (SSSR count). The van der Waals surface area contributed by atoms with Crippen LogP contribution in [-0.4, -0.2) is 18.0 Å². The quantitative estimate of drug-likeness (QED) is 0.871. The van der Waals surface area contributed by atoms with Crippen LogP contribution in [0.1, 0.15) is 44.7 Å². The number of hydrogen-bond acceptors (Lipinski definition) is 3. The Morgan fingerprint density at radius 1 is 1.56 bits per heavy atom. The maximum atomic E-state index is 11.7. The lowest BCUT2D eigenvalue weighted by molar-refractivity contribution is -0.116. The van der Waals surface area contributed by atoms with Crippen molar-refractivity contribution in [3.63, 3.8) is 0 Å². The highest BCUT2D eigenvalue weighted by Crippen LogP contribution is 2.41. The molecule has 0 radical (unpaired) electrons. The molecule has 0 bridgehead atoms. The van der Waals surface area contributed by atoms with Gasteiger partial charge in [0.15, 0.2) is 0 Å². The zero-order valence-electron chi connectivity index (χ0n) is 11.2. The Balaban J connectivity index is 2.09. The minimum Gasteiger partial charge on any atom is -0.494 e. The van der Waals surface area contributed by atoms with Gasteiger partial charge in [0.1, 0.15) is 11.4 Å². The van der Waals surface area contributed by atoms with Crippen LogP contribution in [0.4, 0.5) is 5.69 Å². The number of pyridine rings is 1. The van der Waals surface area contributed by atoms with E-state index < -0.39 is 0 Å². The maximum absolute atomic E-state index is 11.7. The third-order valence-electron chi connectivity index (χ3n) is 2.97. The van der Waals surface area contributed by atoms with Crippen LogP contribution in [0.5, 0.6) is 5.75 Å². The van der Waals surface area contributed by atoms with Gasteiger partial charge in [-0.2, -0.15) is 0 Å². The van der Waals surface area contributed by atoms with Crippen LogP contribution in [-0.2, 0) is 4.79 Å². The number of methoxy groups -OCH3 is 1. The van der Waals surface area contributed by atoms with E-state index in [4.69, 9.17) is 4.74 Å². The summed E-state index contributed by atoms with van der Waals surface area (Å²) in [5.41, 5.74) is 1.72. The fraction of sp³-hybridized carbons (Fsp3) is 0.571. The van der Waals surface area contributed by atoms with Crippen LogP contribution in [0, 0.1) is 5.92 Å². The molecule has 1 saturated carbocycles. The van der Waals surface area contributed by atoms with Gasteiger partial charge in [-0.3, -0.25) is 9.78 Å². The summed E-state index contributed by atoms with van der Waals surface area (Å²) >= 11 is 0. The Morgan fingerprint density at radius 3 is 2.83 bits per heavy atom. The van der Waals surface area contributed by atoms with Gasteiger partial charge >= 0.3 is 0 Å². The number of aromatic nitrogens is 1. The summed E-state index contributed by atoms with van der Waals surface area (Å²) in [6.45, 7) is 4.04. The van der Waals surface area contributed by atoms with Crippen LogP contribution in [0.25, 0.3) is 0 Å². The van der Waals surface area contributed by atoms with E-state index in [0.717, 1.165) is 5.69 Å². The lowest BCUT2D eigenvalue weighted by Crippen LogP contribution is -2.14. The monoisotopic (exact) mass is 248 g/mol. The van der Waals surface area contributed by atoms with Crippen molar-refractivity contribution in [3.8, 4) is 5.75 Å². The van der Waals surface area contributed by atoms with Gasteiger partial charge in [-0.15, -0.1) is 0 Å². The molecule has 4 nitrogen and oxygen atoms in total. The summed E-state index contributed by atoms with van der Waals surface area (Å²) in [6, 6.07) is 1.93. The molecule has 0 atom stereocenters. The summed E-state index contributed by atoms with van der Waals surface area (Å²) in [6.07, 6.45) is 4.61. The standard InChI is InChI=1S/C14H20N2O2/c1-9(2)6-14(17)16-12-8-15-11(10-4-5-10)7-13(12)18-3/h7-10H,4-6H2,1-3H3,(H,16,17). The molecule has 18 heavy (non-hydrogen) atoms. The van der Waals surface area contributed by atoms with Gasteiger partial charge in [0.05, 0.1) is 13.3 Å². The Labute approximate surface area is 108 Å².